The first-order valence-electron chi connectivity index (χ1n) is 11.6. The van der Waals surface area contributed by atoms with Crippen molar-refractivity contribution < 1.29 is 0 Å². The zero-order valence-electron chi connectivity index (χ0n) is 19.3. The van der Waals surface area contributed by atoms with Crippen molar-refractivity contribution in [2.24, 2.45) is 0 Å². The highest BCUT2D eigenvalue weighted by Crippen LogP contribution is 2.41. The lowest BCUT2D eigenvalue weighted by atomic mass is 9.76. The SMILES string of the molecule is CC.CC.Cc1nc2ccc(C3CCC(c4ccc5nc(C)[nH]c5c4)CC3)cc2[nH]1. The fourth-order valence-electron chi connectivity index (χ4n) is 4.58. The van der Waals surface area contributed by atoms with E-state index in [9.17, 15) is 0 Å². The molecule has 0 unspecified atom stereocenters. The summed E-state index contributed by atoms with van der Waals surface area (Å²) < 4.78 is 0. The number of aryl methyl sites for hydroxylation is 2. The predicted molar refractivity (Wildman–Crippen MR) is 128 cm³/mol. The van der Waals surface area contributed by atoms with Gasteiger partial charge in [0.1, 0.15) is 11.6 Å². The third kappa shape index (κ3) is 4.58. The van der Waals surface area contributed by atoms with Crippen molar-refractivity contribution in [2.45, 2.75) is 79.1 Å². The topological polar surface area (TPSA) is 57.4 Å². The van der Waals surface area contributed by atoms with Crippen LogP contribution in [0, 0.1) is 13.8 Å². The van der Waals surface area contributed by atoms with Gasteiger partial charge in [0.05, 0.1) is 22.1 Å². The van der Waals surface area contributed by atoms with Crippen molar-refractivity contribution in [3.63, 3.8) is 0 Å². The molecular formula is C26H36N4. The average molecular weight is 405 g/mol. The Balaban J connectivity index is 0.000000606. The number of hydrogen-bond donors (Lipinski definition) is 2. The minimum absolute atomic E-state index is 0.664. The lowest BCUT2D eigenvalue weighted by Crippen LogP contribution is -2.12. The lowest BCUT2D eigenvalue weighted by molar-refractivity contribution is 0.397. The molecule has 2 N–H and O–H groups in total. The Hall–Kier alpha value is -2.62. The molecule has 1 aliphatic carbocycles. The fourth-order valence-corrected chi connectivity index (χ4v) is 4.58. The van der Waals surface area contributed by atoms with Gasteiger partial charge in [-0.25, -0.2) is 9.97 Å². The summed E-state index contributed by atoms with van der Waals surface area (Å²) in [5, 5.41) is 0. The molecular weight excluding hydrogens is 368 g/mol. The van der Waals surface area contributed by atoms with Gasteiger partial charge < -0.3 is 9.97 Å². The number of nitrogens with zero attached hydrogens (tertiary/aromatic N) is 2. The summed E-state index contributed by atoms with van der Waals surface area (Å²) in [5.41, 5.74) is 7.40. The number of imidazole rings is 2. The zero-order chi connectivity index (χ0) is 21.7. The molecule has 5 rings (SSSR count). The molecule has 4 nitrogen and oxygen atoms in total. The van der Waals surface area contributed by atoms with Crippen LogP contribution in [0.1, 0.15) is 88.0 Å². The first kappa shape index (κ1) is 22.1. The summed E-state index contributed by atoms with van der Waals surface area (Å²) in [4.78, 5) is 15.8. The van der Waals surface area contributed by atoms with Gasteiger partial charge in [-0.1, -0.05) is 39.8 Å². The smallest absolute Gasteiger partial charge is 0.104 e. The third-order valence-electron chi connectivity index (χ3n) is 5.92. The number of H-pyrrole nitrogens is 2. The van der Waals surface area contributed by atoms with Crippen LogP contribution in [0.3, 0.4) is 0 Å². The van der Waals surface area contributed by atoms with E-state index in [4.69, 9.17) is 0 Å². The maximum atomic E-state index is 4.51. The van der Waals surface area contributed by atoms with E-state index < -0.39 is 0 Å². The normalized spacial score (nSPS) is 18.5. The van der Waals surface area contributed by atoms with Gasteiger partial charge in [0.15, 0.2) is 0 Å². The number of fused-ring (bicyclic) bond motifs is 2. The van der Waals surface area contributed by atoms with Crippen LogP contribution in [0.4, 0.5) is 0 Å². The van der Waals surface area contributed by atoms with Gasteiger partial charge in [0.25, 0.3) is 0 Å². The minimum atomic E-state index is 0.664. The number of benzene rings is 2. The predicted octanol–water partition coefficient (Wildman–Crippen LogP) is 7.55. The Morgan fingerprint density at radius 2 is 1.00 bits per heavy atom. The van der Waals surface area contributed by atoms with E-state index in [1.807, 2.05) is 41.5 Å². The molecule has 30 heavy (non-hydrogen) atoms. The highest BCUT2D eigenvalue weighted by molar-refractivity contribution is 5.76. The van der Waals surface area contributed by atoms with E-state index in [1.165, 1.54) is 47.8 Å². The van der Waals surface area contributed by atoms with Crippen LogP contribution in [0.25, 0.3) is 22.1 Å². The van der Waals surface area contributed by atoms with Crippen molar-refractivity contribution in [3.05, 3.63) is 59.2 Å². The average Bonchev–Trinajstić information content (AvgIpc) is 3.35. The number of nitrogens with one attached hydrogen (secondary N) is 2. The molecule has 2 aromatic heterocycles. The highest BCUT2D eigenvalue weighted by atomic mass is 14.9. The van der Waals surface area contributed by atoms with Crippen molar-refractivity contribution in [2.75, 3.05) is 0 Å². The fraction of sp³-hybridized carbons (Fsp3) is 0.462. The molecule has 0 amide bonds. The quantitative estimate of drug-likeness (QED) is 0.362. The van der Waals surface area contributed by atoms with E-state index in [-0.39, 0.29) is 0 Å². The molecule has 0 aliphatic heterocycles. The van der Waals surface area contributed by atoms with E-state index in [0.29, 0.717) is 11.8 Å². The number of hydrogen-bond acceptors (Lipinski definition) is 2. The maximum Gasteiger partial charge on any atom is 0.104 e. The third-order valence-corrected chi connectivity index (χ3v) is 5.92. The second-order valence-corrected chi connectivity index (χ2v) is 7.75. The molecule has 4 heteroatoms. The van der Waals surface area contributed by atoms with Gasteiger partial charge in [0, 0.05) is 0 Å². The largest absolute Gasteiger partial charge is 0.342 e. The Morgan fingerprint density at radius 3 is 1.37 bits per heavy atom. The Kier molecular flexibility index (Phi) is 7.30. The molecule has 0 atom stereocenters. The van der Waals surface area contributed by atoms with Crippen molar-refractivity contribution in [1.29, 1.82) is 0 Å². The van der Waals surface area contributed by atoms with Gasteiger partial charge >= 0.3 is 0 Å². The highest BCUT2D eigenvalue weighted by Gasteiger charge is 2.24. The molecule has 2 aromatic carbocycles. The molecule has 2 heterocycles. The second-order valence-electron chi connectivity index (χ2n) is 7.75. The summed E-state index contributed by atoms with van der Waals surface area (Å²) in [6.45, 7) is 12.0. The molecule has 1 aliphatic rings. The van der Waals surface area contributed by atoms with Crippen LogP contribution < -0.4 is 0 Å². The first-order chi connectivity index (χ1) is 14.7. The number of aromatic amines is 2. The van der Waals surface area contributed by atoms with Gasteiger partial charge in [0.2, 0.25) is 0 Å². The monoisotopic (exact) mass is 404 g/mol. The van der Waals surface area contributed by atoms with Gasteiger partial charge in [-0.2, -0.15) is 0 Å². The Morgan fingerprint density at radius 1 is 0.633 bits per heavy atom. The van der Waals surface area contributed by atoms with Crippen molar-refractivity contribution >= 4 is 22.1 Å². The van der Waals surface area contributed by atoms with Crippen LogP contribution in [0.5, 0.6) is 0 Å². The number of rotatable bonds is 2. The maximum absolute atomic E-state index is 4.51. The molecule has 4 aromatic rings. The Labute approximate surface area is 180 Å². The first-order valence-corrected chi connectivity index (χ1v) is 11.6. The zero-order valence-corrected chi connectivity index (χ0v) is 19.3. The van der Waals surface area contributed by atoms with Crippen LogP contribution in [0.2, 0.25) is 0 Å². The van der Waals surface area contributed by atoms with E-state index >= 15 is 0 Å². The van der Waals surface area contributed by atoms with Crippen LogP contribution in [-0.2, 0) is 0 Å². The number of aromatic nitrogens is 4. The van der Waals surface area contributed by atoms with E-state index in [2.05, 4.69) is 56.3 Å². The summed E-state index contributed by atoms with van der Waals surface area (Å²) in [7, 11) is 0. The molecule has 1 fully saturated rings. The van der Waals surface area contributed by atoms with Crippen LogP contribution in [-0.4, -0.2) is 19.9 Å². The van der Waals surface area contributed by atoms with Crippen molar-refractivity contribution in [1.82, 2.24) is 19.9 Å². The van der Waals surface area contributed by atoms with Crippen molar-refractivity contribution in [3.8, 4) is 0 Å². The van der Waals surface area contributed by atoms with Crippen LogP contribution in [0.15, 0.2) is 36.4 Å². The van der Waals surface area contributed by atoms with Crippen LogP contribution >= 0.6 is 0 Å². The van der Waals surface area contributed by atoms with Gasteiger partial charge in [-0.3, -0.25) is 0 Å². The summed E-state index contributed by atoms with van der Waals surface area (Å²) in [6.07, 6.45) is 5.01. The summed E-state index contributed by atoms with van der Waals surface area (Å²) in [6, 6.07) is 13.5. The summed E-state index contributed by atoms with van der Waals surface area (Å²) in [5.74, 6) is 3.31. The molecule has 0 bridgehead atoms. The molecule has 0 radical (unpaired) electrons. The van der Waals surface area contributed by atoms with Gasteiger partial charge in [-0.05, 0) is 86.8 Å². The molecule has 1 saturated carbocycles. The van der Waals surface area contributed by atoms with E-state index in [1.54, 1.807) is 0 Å². The molecule has 160 valence electrons. The van der Waals surface area contributed by atoms with Gasteiger partial charge in [-0.15, -0.1) is 0 Å². The molecule has 0 spiro atoms. The standard InChI is InChI=1S/C22H24N4.2C2H6/c1-13-23-19-9-7-17(11-21(19)25-13)15-3-5-16(6-4-15)18-8-10-20-22(12-18)26-14(2)24-20;2*1-2/h7-12,15-16H,3-6H2,1-2H3,(H,23,25)(H,24,26);2*1-2H3. The second kappa shape index (κ2) is 9.92. The molecule has 0 saturated heterocycles. The lowest BCUT2D eigenvalue weighted by Gasteiger charge is -2.29. The summed E-state index contributed by atoms with van der Waals surface area (Å²) >= 11 is 0. The van der Waals surface area contributed by atoms with E-state index in [0.717, 1.165) is 22.7 Å². The Bertz CT molecular complexity index is 993. The minimum Gasteiger partial charge on any atom is -0.342 e.